The van der Waals surface area contributed by atoms with E-state index in [2.05, 4.69) is 9.88 Å². The van der Waals surface area contributed by atoms with E-state index < -0.39 is 0 Å². The molecule has 2 N–H and O–H groups in total. The summed E-state index contributed by atoms with van der Waals surface area (Å²) in [5.41, 5.74) is 8.09. The molecule has 0 aliphatic heterocycles. The molecule has 0 saturated heterocycles. The molecular weight excluding hydrogens is 202 g/mol. The third-order valence-corrected chi connectivity index (χ3v) is 2.94. The van der Waals surface area contributed by atoms with Crippen LogP contribution in [0.25, 0.3) is 0 Å². The minimum atomic E-state index is 0.564. The first-order chi connectivity index (χ1) is 7.86. The molecule has 4 nitrogen and oxygen atoms in total. The van der Waals surface area contributed by atoms with Gasteiger partial charge in [-0.3, -0.25) is 4.98 Å². The summed E-state index contributed by atoms with van der Waals surface area (Å²) >= 11 is 0. The monoisotopic (exact) mass is 221 g/mol. The molecule has 2 rings (SSSR count). The van der Waals surface area contributed by atoms with E-state index in [1.165, 1.54) is 18.5 Å². The minimum absolute atomic E-state index is 0.564. The van der Waals surface area contributed by atoms with Crippen LogP contribution in [0.5, 0.6) is 0 Å². The molecule has 1 aromatic rings. The molecule has 0 unspecified atom stereocenters. The normalized spacial score (nSPS) is 15.1. The second kappa shape index (κ2) is 5.27. The predicted octanol–water partition coefficient (Wildman–Crippen LogP) is 1.16. The van der Waals surface area contributed by atoms with Gasteiger partial charge in [0.1, 0.15) is 0 Å². The number of nitrogens with two attached hydrogens (primary N) is 1. The maximum Gasteiger partial charge on any atom is 0.0637 e. The molecule has 1 aliphatic rings. The van der Waals surface area contributed by atoms with Crippen LogP contribution in [0.15, 0.2) is 18.5 Å². The Morgan fingerprint density at radius 1 is 1.56 bits per heavy atom. The fourth-order valence-corrected chi connectivity index (χ4v) is 1.92. The largest absolute Gasteiger partial charge is 0.383 e. The van der Waals surface area contributed by atoms with Crippen LogP contribution in [-0.2, 0) is 11.3 Å². The second-order valence-electron chi connectivity index (χ2n) is 4.13. The van der Waals surface area contributed by atoms with Crippen LogP contribution in [0.2, 0.25) is 0 Å². The van der Waals surface area contributed by atoms with E-state index >= 15 is 0 Å². The Bertz CT molecular complexity index is 339. The Morgan fingerprint density at radius 2 is 2.38 bits per heavy atom. The number of hydrogen-bond acceptors (Lipinski definition) is 4. The van der Waals surface area contributed by atoms with Gasteiger partial charge >= 0.3 is 0 Å². The molecule has 0 radical (unpaired) electrons. The van der Waals surface area contributed by atoms with Gasteiger partial charge in [0.05, 0.1) is 18.5 Å². The van der Waals surface area contributed by atoms with Gasteiger partial charge < -0.3 is 15.4 Å². The van der Waals surface area contributed by atoms with Gasteiger partial charge in [-0.15, -0.1) is 0 Å². The van der Waals surface area contributed by atoms with E-state index in [0.29, 0.717) is 12.6 Å². The lowest BCUT2D eigenvalue weighted by Crippen LogP contribution is -2.30. The predicted molar refractivity (Wildman–Crippen MR) is 64.4 cm³/mol. The third kappa shape index (κ3) is 2.51. The average Bonchev–Trinajstić information content (AvgIpc) is 3.14. The topological polar surface area (TPSA) is 51.4 Å². The van der Waals surface area contributed by atoms with Crippen molar-refractivity contribution in [2.45, 2.75) is 25.4 Å². The fraction of sp³-hybridized carbons (Fsp3) is 0.583. The fourth-order valence-electron chi connectivity index (χ4n) is 1.92. The zero-order chi connectivity index (χ0) is 11.4. The summed E-state index contributed by atoms with van der Waals surface area (Å²) < 4.78 is 5.15. The van der Waals surface area contributed by atoms with E-state index in [-0.39, 0.29) is 0 Å². The SMILES string of the molecule is COCCN(c1cnccc1CN)C1CC1. The van der Waals surface area contributed by atoms with Gasteiger partial charge in [0.15, 0.2) is 0 Å². The van der Waals surface area contributed by atoms with E-state index in [1.807, 2.05) is 12.3 Å². The van der Waals surface area contributed by atoms with Crippen molar-refractivity contribution in [1.82, 2.24) is 4.98 Å². The van der Waals surface area contributed by atoms with Crippen molar-refractivity contribution in [3.63, 3.8) is 0 Å². The summed E-state index contributed by atoms with van der Waals surface area (Å²) in [5.74, 6) is 0. The van der Waals surface area contributed by atoms with Crippen molar-refractivity contribution in [3.05, 3.63) is 24.0 Å². The highest BCUT2D eigenvalue weighted by Gasteiger charge is 2.30. The van der Waals surface area contributed by atoms with Crippen LogP contribution in [-0.4, -0.2) is 31.3 Å². The number of pyridine rings is 1. The van der Waals surface area contributed by atoms with Crippen LogP contribution < -0.4 is 10.6 Å². The molecule has 4 heteroatoms. The number of methoxy groups -OCH3 is 1. The smallest absolute Gasteiger partial charge is 0.0637 e. The number of anilines is 1. The number of hydrogen-bond donors (Lipinski definition) is 1. The van der Waals surface area contributed by atoms with Gasteiger partial charge in [-0.2, -0.15) is 0 Å². The lowest BCUT2D eigenvalue weighted by atomic mass is 10.2. The molecule has 1 aliphatic carbocycles. The van der Waals surface area contributed by atoms with Crippen LogP contribution in [0.1, 0.15) is 18.4 Å². The molecule has 0 spiro atoms. The Hall–Kier alpha value is -1.13. The summed E-state index contributed by atoms with van der Waals surface area (Å²) in [6.07, 6.45) is 6.24. The molecule has 88 valence electrons. The van der Waals surface area contributed by atoms with Gasteiger partial charge in [0, 0.05) is 32.4 Å². The molecule has 16 heavy (non-hydrogen) atoms. The Labute approximate surface area is 96.4 Å². The number of aromatic nitrogens is 1. The molecule has 0 aromatic carbocycles. The van der Waals surface area contributed by atoms with Crippen molar-refractivity contribution in [2.75, 3.05) is 25.2 Å². The molecule has 0 amide bonds. The maximum absolute atomic E-state index is 5.75. The van der Waals surface area contributed by atoms with E-state index in [4.69, 9.17) is 10.5 Å². The van der Waals surface area contributed by atoms with Gasteiger partial charge in [0.2, 0.25) is 0 Å². The maximum atomic E-state index is 5.75. The first-order valence-corrected chi connectivity index (χ1v) is 5.75. The summed E-state index contributed by atoms with van der Waals surface area (Å²) in [6, 6.07) is 2.65. The quantitative estimate of drug-likeness (QED) is 0.783. The zero-order valence-corrected chi connectivity index (χ0v) is 9.72. The minimum Gasteiger partial charge on any atom is -0.383 e. The van der Waals surface area contributed by atoms with Crippen LogP contribution in [0, 0.1) is 0 Å². The average molecular weight is 221 g/mol. The van der Waals surface area contributed by atoms with Crippen LogP contribution in [0.3, 0.4) is 0 Å². The van der Waals surface area contributed by atoms with Crippen molar-refractivity contribution in [3.8, 4) is 0 Å². The first-order valence-electron chi connectivity index (χ1n) is 5.75. The van der Waals surface area contributed by atoms with Gasteiger partial charge in [-0.05, 0) is 24.5 Å². The zero-order valence-electron chi connectivity index (χ0n) is 9.72. The second-order valence-corrected chi connectivity index (χ2v) is 4.13. The third-order valence-electron chi connectivity index (χ3n) is 2.94. The highest BCUT2D eigenvalue weighted by atomic mass is 16.5. The van der Waals surface area contributed by atoms with E-state index in [0.717, 1.165) is 18.7 Å². The number of ether oxygens (including phenoxy) is 1. The van der Waals surface area contributed by atoms with Crippen LogP contribution in [0.4, 0.5) is 5.69 Å². The molecule has 1 heterocycles. The molecule has 1 aromatic heterocycles. The van der Waals surface area contributed by atoms with Crippen molar-refractivity contribution in [2.24, 2.45) is 5.73 Å². The van der Waals surface area contributed by atoms with Gasteiger partial charge in [0.25, 0.3) is 0 Å². The lowest BCUT2D eigenvalue weighted by molar-refractivity contribution is 0.205. The lowest BCUT2D eigenvalue weighted by Gasteiger charge is -2.26. The molecule has 1 saturated carbocycles. The number of rotatable bonds is 6. The summed E-state index contributed by atoms with van der Waals surface area (Å²) in [6.45, 7) is 2.23. The Balaban J connectivity index is 2.16. The highest BCUT2D eigenvalue weighted by molar-refractivity contribution is 5.53. The van der Waals surface area contributed by atoms with Crippen molar-refractivity contribution < 1.29 is 4.74 Å². The van der Waals surface area contributed by atoms with Gasteiger partial charge in [-0.1, -0.05) is 0 Å². The molecule has 1 fully saturated rings. The highest BCUT2D eigenvalue weighted by Crippen LogP contribution is 2.32. The standard InChI is InChI=1S/C12H19N3O/c1-16-7-6-15(11-2-3-11)12-9-14-5-4-10(12)8-13/h4-5,9,11H,2-3,6-8,13H2,1H3. The van der Waals surface area contributed by atoms with Crippen LogP contribution >= 0.6 is 0 Å². The van der Waals surface area contributed by atoms with E-state index in [1.54, 1.807) is 13.3 Å². The first kappa shape index (κ1) is 11.4. The Kier molecular flexibility index (Phi) is 3.74. The molecule has 0 atom stereocenters. The summed E-state index contributed by atoms with van der Waals surface area (Å²) in [5, 5.41) is 0. The van der Waals surface area contributed by atoms with E-state index in [9.17, 15) is 0 Å². The van der Waals surface area contributed by atoms with Crippen molar-refractivity contribution >= 4 is 5.69 Å². The van der Waals surface area contributed by atoms with Crippen molar-refractivity contribution in [1.29, 1.82) is 0 Å². The summed E-state index contributed by atoms with van der Waals surface area (Å²) in [4.78, 5) is 6.57. The number of nitrogens with zero attached hydrogens (tertiary/aromatic N) is 2. The molecule has 0 bridgehead atoms. The van der Waals surface area contributed by atoms with Gasteiger partial charge in [-0.25, -0.2) is 0 Å². The molecular formula is C12H19N3O. The Morgan fingerprint density at radius 3 is 3.00 bits per heavy atom. The summed E-state index contributed by atoms with van der Waals surface area (Å²) in [7, 11) is 1.73.